The molecule has 1 aliphatic carbocycles. The van der Waals surface area contributed by atoms with Crippen molar-refractivity contribution in [3.63, 3.8) is 0 Å². The van der Waals surface area contributed by atoms with Gasteiger partial charge in [-0.25, -0.2) is 0 Å². The van der Waals surface area contributed by atoms with Crippen LogP contribution >= 0.6 is 9.24 Å². The molecule has 1 aromatic heterocycles. The van der Waals surface area contributed by atoms with Gasteiger partial charge >= 0.3 is 5.78 Å². The van der Waals surface area contributed by atoms with Crippen LogP contribution < -0.4 is 14.8 Å². The molecule has 186 valence electrons. The summed E-state index contributed by atoms with van der Waals surface area (Å²) in [6, 6.07) is 12.8. The van der Waals surface area contributed by atoms with E-state index < -0.39 is 17.3 Å². The number of benzene rings is 2. The summed E-state index contributed by atoms with van der Waals surface area (Å²) in [7, 11) is 1.88. The highest BCUT2D eigenvalue weighted by molar-refractivity contribution is 7.18. The van der Waals surface area contributed by atoms with Gasteiger partial charge in [-0.15, -0.1) is 0 Å². The molecular weight excluding hydrogens is 470 g/mol. The van der Waals surface area contributed by atoms with Crippen LogP contribution in [0.2, 0.25) is 0 Å². The lowest BCUT2D eigenvalue weighted by Gasteiger charge is -2.23. The van der Waals surface area contributed by atoms with Crippen molar-refractivity contribution >= 4 is 31.7 Å². The zero-order valence-electron chi connectivity index (χ0n) is 20.0. The highest BCUT2D eigenvalue weighted by atomic mass is 31.0. The van der Waals surface area contributed by atoms with Crippen LogP contribution in [0.1, 0.15) is 44.9 Å². The highest BCUT2D eigenvalue weighted by Crippen LogP contribution is 2.52. The van der Waals surface area contributed by atoms with Gasteiger partial charge in [-0.2, -0.15) is 4.39 Å². The van der Waals surface area contributed by atoms with Crippen molar-refractivity contribution in [2.45, 2.75) is 62.9 Å². The molecule has 0 spiro atoms. The van der Waals surface area contributed by atoms with Gasteiger partial charge in [-0.3, -0.25) is 4.79 Å². The molecule has 3 aromatic rings. The van der Waals surface area contributed by atoms with Gasteiger partial charge in [0, 0.05) is 27.7 Å². The molecule has 3 atom stereocenters. The van der Waals surface area contributed by atoms with E-state index in [0.717, 1.165) is 22.2 Å². The lowest BCUT2D eigenvalue weighted by Crippen LogP contribution is -2.27. The molecule has 1 saturated carbocycles. The Morgan fingerprint density at radius 3 is 2.54 bits per heavy atom. The smallest absolute Gasteiger partial charge is 0.418 e. The number of halogens is 1. The Kier molecular flexibility index (Phi) is 5.62. The lowest BCUT2D eigenvalue weighted by molar-refractivity contribution is -0.118. The number of ether oxygens (including phenoxy) is 2. The fraction of sp³-hybridized carbons (Fsp3) is 0.423. The molecule has 1 fully saturated rings. The van der Waals surface area contributed by atoms with Gasteiger partial charge in [0.25, 0.3) is 0 Å². The van der Waals surface area contributed by atoms with Crippen molar-refractivity contribution in [1.82, 2.24) is 4.57 Å². The second kappa shape index (κ2) is 8.19. The van der Waals surface area contributed by atoms with Crippen molar-refractivity contribution in [3.8, 4) is 11.5 Å². The van der Waals surface area contributed by atoms with E-state index in [9.17, 15) is 19.4 Å². The zero-order valence-corrected chi connectivity index (χ0v) is 21.1. The summed E-state index contributed by atoms with van der Waals surface area (Å²) in [5.41, 5.74) is 2.51. The average molecular weight is 501 g/mol. The van der Waals surface area contributed by atoms with Gasteiger partial charge in [0.2, 0.25) is 5.91 Å². The number of aliphatic hydroxyl groups is 2. The minimum atomic E-state index is -2.29. The third kappa shape index (κ3) is 4.39. The van der Waals surface area contributed by atoms with Crippen LogP contribution in [0.25, 0.3) is 10.9 Å². The molecule has 0 radical (unpaired) electrons. The van der Waals surface area contributed by atoms with E-state index in [0.29, 0.717) is 24.3 Å². The normalized spacial score (nSPS) is 21.2. The monoisotopic (exact) mass is 500 g/mol. The van der Waals surface area contributed by atoms with Gasteiger partial charge in [-0.1, -0.05) is 26.8 Å². The molecule has 2 aromatic carbocycles. The molecule has 7 nitrogen and oxygen atoms in total. The summed E-state index contributed by atoms with van der Waals surface area (Å²) in [6.07, 6.45) is 0.508. The first kappa shape index (κ1) is 24.0. The van der Waals surface area contributed by atoms with Crippen molar-refractivity contribution in [3.05, 3.63) is 53.7 Å². The Bertz CT molecular complexity index is 1310. The molecule has 2 heterocycles. The maximum absolute atomic E-state index is 14.0. The van der Waals surface area contributed by atoms with Crippen molar-refractivity contribution < 1.29 is 28.9 Å². The van der Waals surface area contributed by atoms with E-state index in [2.05, 4.69) is 32.2 Å². The topological polar surface area (TPSA) is 93.0 Å². The fourth-order valence-corrected chi connectivity index (χ4v) is 5.00. The number of carbonyl (C=O) groups is 1. The number of aromatic nitrogens is 1. The third-order valence-electron chi connectivity index (χ3n) is 6.71. The highest BCUT2D eigenvalue weighted by Gasteiger charge is 2.52. The molecule has 1 aliphatic heterocycles. The van der Waals surface area contributed by atoms with Gasteiger partial charge in [-0.05, 0) is 64.0 Å². The van der Waals surface area contributed by atoms with E-state index in [1.807, 2.05) is 32.0 Å². The molecule has 0 saturated heterocycles. The molecule has 3 unspecified atom stereocenters. The molecule has 9 heteroatoms. The number of fused-ring (bicyclic) bond motifs is 2. The van der Waals surface area contributed by atoms with Crippen molar-refractivity contribution in [2.24, 2.45) is 0 Å². The molecule has 2 aliphatic rings. The van der Waals surface area contributed by atoms with Crippen molar-refractivity contribution in [2.75, 3.05) is 11.9 Å². The summed E-state index contributed by atoms with van der Waals surface area (Å²) >= 11 is 0. The molecule has 35 heavy (non-hydrogen) atoms. The number of anilines is 1. The predicted octanol–water partition coefficient (Wildman–Crippen LogP) is 4.19. The Balaban J connectivity index is 1.42. The second-order valence-corrected chi connectivity index (χ2v) is 11.2. The first-order valence-electron chi connectivity index (χ1n) is 11.7. The number of rotatable bonds is 6. The van der Waals surface area contributed by atoms with Crippen LogP contribution in [0, 0.1) is 0 Å². The van der Waals surface area contributed by atoms with Crippen LogP contribution in [-0.4, -0.2) is 39.2 Å². The molecular formula is C26H30FN2O5P. The van der Waals surface area contributed by atoms with E-state index in [1.165, 1.54) is 0 Å². The second-order valence-electron chi connectivity index (χ2n) is 10.5. The van der Waals surface area contributed by atoms with Crippen LogP contribution in [0.3, 0.4) is 0 Å². The summed E-state index contributed by atoms with van der Waals surface area (Å²) in [5.74, 6) is -1.83. The molecule has 0 bridgehead atoms. The minimum absolute atomic E-state index is 0.126. The number of nitrogens with zero attached hydrogens (tertiary/aromatic N) is 1. The minimum Gasteiger partial charge on any atom is -0.420 e. The average Bonchev–Trinajstić information content (AvgIpc) is 3.42. The van der Waals surface area contributed by atoms with Crippen LogP contribution in [0.15, 0.2) is 42.5 Å². The molecule has 1 amide bonds. The van der Waals surface area contributed by atoms with Crippen molar-refractivity contribution in [1.29, 1.82) is 0 Å². The Morgan fingerprint density at radius 2 is 1.89 bits per heavy atom. The quantitative estimate of drug-likeness (QED) is 0.442. The molecule has 5 rings (SSSR count). The van der Waals surface area contributed by atoms with E-state index in [1.54, 1.807) is 18.2 Å². The number of aliphatic hydroxyl groups excluding tert-OH is 2. The number of alkyl halides is 1. The van der Waals surface area contributed by atoms with Crippen LogP contribution in [-0.2, 0) is 22.2 Å². The largest absolute Gasteiger partial charge is 0.420 e. The zero-order chi connectivity index (χ0) is 25.2. The predicted molar refractivity (Wildman–Crippen MR) is 135 cm³/mol. The summed E-state index contributed by atoms with van der Waals surface area (Å²) < 4.78 is 26.3. The summed E-state index contributed by atoms with van der Waals surface area (Å²) in [5, 5.41) is 23.4. The summed E-state index contributed by atoms with van der Waals surface area (Å²) in [4.78, 5) is 13.3. The van der Waals surface area contributed by atoms with E-state index in [4.69, 9.17) is 9.47 Å². The van der Waals surface area contributed by atoms with Gasteiger partial charge in [0.15, 0.2) is 11.5 Å². The summed E-state index contributed by atoms with van der Waals surface area (Å²) in [6.45, 7) is 6.25. The fourth-order valence-electron chi connectivity index (χ4n) is 4.75. The van der Waals surface area contributed by atoms with Gasteiger partial charge < -0.3 is 29.6 Å². The lowest BCUT2D eigenvalue weighted by atomic mass is 9.92. The van der Waals surface area contributed by atoms with Gasteiger partial charge in [0.1, 0.15) is 0 Å². The number of hydrogen-bond donors (Lipinski definition) is 3. The third-order valence-corrected chi connectivity index (χ3v) is 6.95. The Morgan fingerprint density at radius 1 is 1.17 bits per heavy atom. The first-order chi connectivity index (χ1) is 16.4. The Labute approximate surface area is 205 Å². The first-order valence-corrected chi connectivity index (χ1v) is 12.2. The Hall–Kier alpha value is -2.67. The SMILES string of the molecule is CC(C)(C)c1cc2cc(NC(=O)C3(c4ccc5c(c4)OC(F)(P)O5)CC3)ccc2n1CC(O)CO. The number of nitrogens with one attached hydrogen (secondary N) is 1. The maximum atomic E-state index is 14.0. The standard InChI is InChI=1S/C26H30FN2O5P/c1-24(2,3)22-11-15-10-17(5-6-19(15)29(22)13-18(31)14-30)28-23(32)25(8-9-25)16-4-7-20-21(12-16)34-26(27,35)33-20/h4-7,10-12,18,30-31H,8-9,13-14,35H2,1-3H3,(H,28,32). The van der Waals surface area contributed by atoms with E-state index in [-0.39, 0.29) is 30.2 Å². The van der Waals surface area contributed by atoms with Gasteiger partial charge in [0.05, 0.1) is 24.7 Å². The number of amides is 1. The van der Waals surface area contributed by atoms with Crippen LogP contribution in [0.4, 0.5) is 10.1 Å². The molecule has 3 N–H and O–H groups in total. The van der Waals surface area contributed by atoms with Crippen LogP contribution in [0.5, 0.6) is 11.5 Å². The van der Waals surface area contributed by atoms with E-state index >= 15 is 0 Å². The number of hydrogen-bond acceptors (Lipinski definition) is 5. The maximum Gasteiger partial charge on any atom is 0.418 e. The number of carbonyl (C=O) groups excluding carboxylic acids is 1.